The number of carbonyl (C=O) groups is 1. The van der Waals surface area contributed by atoms with E-state index in [1.54, 1.807) is 13.8 Å². The lowest BCUT2D eigenvalue weighted by molar-refractivity contribution is 0.0525. The molecule has 27 heavy (non-hydrogen) atoms. The highest BCUT2D eigenvalue weighted by Crippen LogP contribution is 2.30. The second-order valence-corrected chi connectivity index (χ2v) is 8.19. The fourth-order valence-electron chi connectivity index (χ4n) is 2.83. The number of sulfonamides is 1. The minimum absolute atomic E-state index is 0.0394. The van der Waals surface area contributed by atoms with Crippen molar-refractivity contribution in [2.75, 3.05) is 13.2 Å². The summed E-state index contributed by atoms with van der Waals surface area (Å²) in [6.45, 7) is 3.48. The number of carbonyl (C=O) groups excluding carboxylic acids is 1. The van der Waals surface area contributed by atoms with Crippen LogP contribution in [0.5, 0.6) is 5.75 Å². The summed E-state index contributed by atoms with van der Waals surface area (Å²) in [4.78, 5) is 14.6. The van der Waals surface area contributed by atoms with Crippen LogP contribution in [-0.2, 0) is 21.2 Å². The van der Waals surface area contributed by atoms with Crippen LogP contribution in [-0.4, -0.2) is 38.6 Å². The van der Waals surface area contributed by atoms with E-state index >= 15 is 0 Å². The second kappa shape index (κ2) is 7.49. The highest BCUT2D eigenvalue weighted by atomic mass is 35.5. The van der Waals surface area contributed by atoms with Crippen molar-refractivity contribution < 1.29 is 27.1 Å². The maximum absolute atomic E-state index is 13.5. The molecule has 0 saturated carbocycles. The number of aromatic amines is 1. The molecule has 0 amide bonds. The first-order chi connectivity index (χ1) is 12.7. The molecule has 7 nitrogen and oxygen atoms in total. The number of fused-ring (bicyclic) bond motifs is 1. The van der Waals surface area contributed by atoms with E-state index in [-0.39, 0.29) is 28.8 Å². The lowest BCUT2D eigenvalue weighted by Crippen LogP contribution is -2.42. The van der Waals surface area contributed by atoms with E-state index in [9.17, 15) is 17.6 Å². The summed E-state index contributed by atoms with van der Waals surface area (Å²) in [5, 5.41) is -0.203. The average molecular weight is 417 g/mol. The predicted octanol–water partition coefficient (Wildman–Crippen LogP) is 2.57. The molecule has 1 aromatic heterocycles. The summed E-state index contributed by atoms with van der Waals surface area (Å²) >= 11 is 5.78. The third-order valence-electron chi connectivity index (χ3n) is 4.11. The van der Waals surface area contributed by atoms with Crippen LogP contribution in [0.1, 0.15) is 28.5 Å². The first-order valence-electron chi connectivity index (χ1n) is 8.21. The van der Waals surface area contributed by atoms with Gasteiger partial charge in [0.25, 0.3) is 10.0 Å². The van der Waals surface area contributed by atoms with Crippen LogP contribution in [0.25, 0.3) is 0 Å². The van der Waals surface area contributed by atoms with Gasteiger partial charge in [-0.25, -0.2) is 22.3 Å². The van der Waals surface area contributed by atoms with Crippen molar-refractivity contribution in [2.24, 2.45) is 0 Å². The Morgan fingerprint density at radius 1 is 1.44 bits per heavy atom. The van der Waals surface area contributed by atoms with Crippen LogP contribution in [0.3, 0.4) is 0 Å². The Morgan fingerprint density at radius 2 is 2.19 bits per heavy atom. The molecule has 146 valence electrons. The van der Waals surface area contributed by atoms with Crippen molar-refractivity contribution in [1.82, 2.24) is 9.71 Å². The lowest BCUT2D eigenvalue weighted by atomic mass is 10.0. The standard InChI is InChI=1S/C17H18ClFN2O5S/c1-3-25-17(22)12-6-16(20-9(12)2)27(23,24)21-11-4-10-5-13(18)14(19)7-15(10)26-8-11/h5-7,11,20-21H,3-4,8H2,1-2H3. The zero-order valence-corrected chi connectivity index (χ0v) is 16.2. The topological polar surface area (TPSA) is 97.5 Å². The smallest absolute Gasteiger partial charge is 0.339 e. The molecule has 0 aliphatic carbocycles. The monoisotopic (exact) mass is 416 g/mol. The molecule has 2 heterocycles. The van der Waals surface area contributed by atoms with Crippen molar-refractivity contribution in [1.29, 1.82) is 0 Å². The van der Waals surface area contributed by atoms with Gasteiger partial charge in [-0.2, -0.15) is 0 Å². The maximum Gasteiger partial charge on any atom is 0.339 e. The van der Waals surface area contributed by atoms with Crippen molar-refractivity contribution in [3.63, 3.8) is 0 Å². The van der Waals surface area contributed by atoms with Crippen LogP contribution in [0.4, 0.5) is 4.39 Å². The minimum Gasteiger partial charge on any atom is -0.492 e. The molecule has 1 aromatic carbocycles. The van der Waals surface area contributed by atoms with Gasteiger partial charge >= 0.3 is 5.97 Å². The van der Waals surface area contributed by atoms with Gasteiger partial charge in [0.05, 0.1) is 23.2 Å². The number of esters is 1. The number of hydrogen-bond acceptors (Lipinski definition) is 5. The lowest BCUT2D eigenvalue weighted by Gasteiger charge is -2.26. The molecule has 1 atom stereocenters. The predicted molar refractivity (Wildman–Crippen MR) is 96.2 cm³/mol. The van der Waals surface area contributed by atoms with E-state index in [0.717, 1.165) is 0 Å². The Hall–Kier alpha value is -2.10. The van der Waals surface area contributed by atoms with Gasteiger partial charge in [0.15, 0.2) is 0 Å². The molecule has 1 aliphatic heterocycles. The van der Waals surface area contributed by atoms with Crippen molar-refractivity contribution >= 4 is 27.6 Å². The van der Waals surface area contributed by atoms with Crippen molar-refractivity contribution in [2.45, 2.75) is 31.3 Å². The zero-order valence-electron chi connectivity index (χ0n) is 14.6. The first-order valence-corrected chi connectivity index (χ1v) is 10.1. The molecule has 1 aliphatic rings. The number of aryl methyl sites for hydroxylation is 1. The number of hydrogen-bond donors (Lipinski definition) is 2. The normalized spacial score (nSPS) is 16.5. The van der Waals surface area contributed by atoms with E-state index in [1.165, 1.54) is 18.2 Å². The fourth-order valence-corrected chi connectivity index (χ4v) is 4.29. The third kappa shape index (κ3) is 4.10. The van der Waals surface area contributed by atoms with Crippen LogP contribution >= 0.6 is 11.6 Å². The zero-order chi connectivity index (χ0) is 19.8. The highest BCUT2D eigenvalue weighted by molar-refractivity contribution is 7.89. The molecule has 0 radical (unpaired) electrons. The van der Waals surface area contributed by atoms with E-state index in [0.29, 0.717) is 23.4 Å². The van der Waals surface area contributed by atoms with Gasteiger partial charge in [-0.05, 0) is 38.0 Å². The molecule has 1 unspecified atom stereocenters. The SMILES string of the molecule is CCOC(=O)c1cc(S(=O)(=O)NC2COc3cc(F)c(Cl)cc3C2)[nH]c1C. The van der Waals surface area contributed by atoms with Gasteiger partial charge in [-0.3, -0.25) is 0 Å². The van der Waals surface area contributed by atoms with Crippen molar-refractivity contribution in [3.8, 4) is 5.75 Å². The molecule has 0 saturated heterocycles. The number of nitrogens with one attached hydrogen (secondary N) is 2. The number of aromatic nitrogens is 1. The van der Waals surface area contributed by atoms with Crippen LogP contribution in [0.15, 0.2) is 23.2 Å². The number of halogens is 2. The summed E-state index contributed by atoms with van der Waals surface area (Å²) in [6, 6.07) is 3.27. The van der Waals surface area contributed by atoms with Crippen LogP contribution in [0.2, 0.25) is 5.02 Å². The molecule has 10 heteroatoms. The molecule has 0 spiro atoms. The van der Waals surface area contributed by atoms with Crippen molar-refractivity contribution in [3.05, 3.63) is 45.9 Å². The van der Waals surface area contributed by atoms with E-state index in [4.69, 9.17) is 21.1 Å². The summed E-state index contributed by atoms with van der Waals surface area (Å²) in [6.07, 6.45) is 0.291. The maximum atomic E-state index is 13.5. The molecule has 2 N–H and O–H groups in total. The van der Waals surface area contributed by atoms with Crippen LogP contribution < -0.4 is 9.46 Å². The first kappa shape index (κ1) is 19.7. The van der Waals surface area contributed by atoms with Gasteiger partial charge in [0.2, 0.25) is 0 Å². The number of rotatable bonds is 5. The molecule has 0 fully saturated rings. The van der Waals surface area contributed by atoms with Gasteiger partial charge in [-0.15, -0.1) is 0 Å². The summed E-state index contributed by atoms with van der Waals surface area (Å²) in [5.41, 5.74) is 1.15. The Labute approximate surface area is 160 Å². The molecule has 3 rings (SSSR count). The molecular formula is C17H18ClFN2O5S. The molecule has 2 aromatic rings. The highest BCUT2D eigenvalue weighted by Gasteiger charge is 2.28. The minimum atomic E-state index is -3.93. The number of ether oxygens (including phenoxy) is 2. The molecular weight excluding hydrogens is 399 g/mol. The van der Waals surface area contributed by atoms with E-state index in [2.05, 4.69) is 9.71 Å². The Morgan fingerprint density at radius 3 is 2.89 bits per heavy atom. The van der Waals surface area contributed by atoms with Gasteiger partial charge in [0, 0.05) is 11.8 Å². The van der Waals surface area contributed by atoms with E-state index in [1.807, 2.05) is 0 Å². The average Bonchev–Trinajstić information content (AvgIpc) is 2.99. The quantitative estimate of drug-likeness (QED) is 0.730. The Bertz CT molecular complexity index is 989. The Balaban J connectivity index is 1.78. The largest absolute Gasteiger partial charge is 0.492 e. The summed E-state index contributed by atoms with van der Waals surface area (Å²) in [5.74, 6) is -0.852. The number of benzene rings is 1. The fraction of sp³-hybridized carbons (Fsp3) is 0.353. The van der Waals surface area contributed by atoms with E-state index < -0.39 is 27.9 Å². The molecule has 0 bridgehead atoms. The summed E-state index contributed by atoms with van der Waals surface area (Å²) in [7, 11) is -3.93. The van der Waals surface area contributed by atoms with Gasteiger partial charge in [0.1, 0.15) is 23.2 Å². The second-order valence-electron chi connectivity index (χ2n) is 6.10. The van der Waals surface area contributed by atoms with Gasteiger partial charge in [-0.1, -0.05) is 11.6 Å². The van der Waals surface area contributed by atoms with Gasteiger partial charge < -0.3 is 14.5 Å². The third-order valence-corrected chi connectivity index (χ3v) is 5.84. The van der Waals surface area contributed by atoms with Crippen LogP contribution in [0, 0.1) is 12.7 Å². The Kier molecular flexibility index (Phi) is 5.45. The summed E-state index contributed by atoms with van der Waals surface area (Å²) < 4.78 is 51.7. The number of H-pyrrole nitrogens is 1.